The normalized spacial score (nSPS) is 15.6. The largest absolute Gasteiger partial charge is 0.378 e. The lowest BCUT2D eigenvalue weighted by Crippen LogP contribution is -2.39. The highest BCUT2D eigenvalue weighted by molar-refractivity contribution is 5.94. The Balaban J connectivity index is 1.54. The number of halogens is 1. The zero-order valence-corrected chi connectivity index (χ0v) is 15.8. The van der Waals surface area contributed by atoms with Crippen molar-refractivity contribution in [3.63, 3.8) is 0 Å². The van der Waals surface area contributed by atoms with Crippen LogP contribution < -0.4 is 10.2 Å². The van der Waals surface area contributed by atoms with Crippen LogP contribution in [0.15, 0.2) is 48.5 Å². The van der Waals surface area contributed by atoms with Crippen molar-refractivity contribution >= 4 is 17.3 Å². The van der Waals surface area contributed by atoms with Gasteiger partial charge in [-0.3, -0.25) is 9.69 Å². The molecule has 0 bridgehead atoms. The van der Waals surface area contributed by atoms with E-state index in [2.05, 4.69) is 10.2 Å². The molecule has 0 saturated carbocycles. The van der Waals surface area contributed by atoms with Gasteiger partial charge in [-0.05, 0) is 55.9 Å². The van der Waals surface area contributed by atoms with Gasteiger partial charge in [0.2, 0.25) is 5.91 Å². The molecule has 0 aliphatic carbocycles. The Morgan fingerprint density at radius 3 is 2.41 bits per heavy atom. The first-order valence-electron chi connectivity index (χ1n) is 9.21. The van der Waals surface area contributed by atoms with Crippen LogP contribution in [0, 0.1) is 5.82 Å². The number of hydrogen-bond acceptors (Lipinski definition) is 4. The summed E-state index contributed by atoms with van der Waals surface area (Å²) >= 11 is 0. The number of nitrogens with one attached hydrogen (secondary N) is 1. The van der Waals surface area contributed by atoms with Crippen molar-refractivity contribution < 1.29 is 13.9 Å². The molecule has 1 saturated heterocycles. The lowest BCUT2D eigenvalue weighted by atomic mass is 10.1. The number of benzene rings is 2. The Morgan fingerprint density at radius 1 is 1.15 bits per heavy atom. The molecule has 3 rings (SSSR count). The minimum absolute atomic E-state index is 0.0706. The molecule has 2 aromatic carbocycles. The van der Waals surface area contributed by atoms with E-state index >= 15 is 0 Å². The number of carbonyl (C=O) groups excluding carboxylic acids is 1. The highest BCUT2D eigenvalue weighted by Crippen LogP contribution is 2.19. The second-order valence-corrected chi connectivity index (χ2v) is 6.85. The quantitative estimate of drug-likeness (QED) is 0.847. The molecule has 1 fully saturated rings. The van der Waals surface area contributed by atoms with E-state index < -0.39 is 0 Å². The number of nitrogens with zero attached hydrogens (tertiary/aromatic N) is 2. The molecule has 2 aromatic rings. The van der Waals surface area contributed by atoms with Crippen LogP contribution in [0.4, 0.5) is 15.8 Å². The van der Waals surface area contributed by atoms with Gasteiger partial charge in [-0.2, -0.15) is 0 Å². The summed E-state index contributed by atoms with van der Waals surface area (Å²) in [6.07, 6.45) is 0. The molecule has 1 atom stereocenters. The van der Waals surface area contributed by atoms with Gasteiger partial charge < -0.3 is 15.0 Å². The molecule has 1 aliphatic rings. The first-order chi connectivity index (χ1) is 13.0. The maximum Gasteiger partial charge on any atom is 0.241 e. The third-order valence-corrected chi connectivity index (χ3v) is 4.90. The Hall–Kier alpha value is -2.44. The lowest BCUT2D eigenvalue weighted by molar-refractivity contribution is -0.120. The van der Waals surface area contributed by atoms with Crippen molar-refractivity contribution in [1.82, 2.24) is 4.90 Å². The van der Waals surface area contributed by atoms with Crippen molar-refractivity contribution in [2.45, 2.75) is 19.5 Å². The number of hydrogen-bond donors (Lipinski definition) is 1. The van der Waals surface area contributed by atoms with Crippen molar-refractivity contribution in [3.05, 3.63) is 59.9 Å². The number of amides is 1. The van der Waals surface area contributed by atoms with Crippen molar-refractivity contribution in [1.29, 1.82) is 0 Å². The van der Waals surface area contributed by atoms with Crippen molar-refractivity contribution in [2.24, 2.45) is 0 Å². The summed E-state index contributed by atoms with van der Waals surface area (Å²) < 4.78 is 18.4. The van der Waals surface area contributed by atoms with Crippen LogP contribution in [-0.4, -0.2) is 50.2 Å². The summed E-state index contributed by atoms with van der Waals surface area (Å²) in [5, 5.41) is 2.96. The number of anilines is 2. The highest BCUT2D eigenvalue weighted by Gasteiger charge is 2.18. The van der Waals surface area contributed by atoms with E-state index in [1.54, 1.807) is 12.1 Å². The molecule has 1 heterocycles. The molecule has 0 aromatic heterocycles. The number of carbonyl (C=O) groups is 1. The molecule has 0 unspecified atom stereocenters. The summed E-state index contributed by atoms with van der Waals surface area (Å²) in [5.41, 5.74) is 2.88. The van der Waals surface area contributed by atoms with E-state index in [1.165, 1.54) is 12.1 Å². The van der Waals surface area contributed by atoms with Crippen molar-refractivity contribution in [3.8, 4) is 0 Å². The predicted octanol–water partition coefficient (Wildman–Crippen LogP) is 3.12. The molecule has 27 heavy (non-hydrogen) atoms. The predicted molar refractivity (Wildman–Crippen MR) is 105 cm³/mol. The highest BCUT2D eigenvalue weighted by atomic mass is 19.1. The van der Waals surface area contributed by atoms with Crippen molar-refractivity contribution in [2.75, 3.05) is 43.6 Å². The first-order valence-corrected chi connectivity index (χ1v) is 9.21. The Bertz CT molecular complexity index is 743. The average molecular weight is 371 g/mol. The standard InChI is InChI=1S/C21H26FN3O2/c1-16(24(2)15-17-3-5-18(22)6-4-17)21(26)23-19-7-9-20(10-8-19)25-11-13-27-14-12-25/h3-10,16H,11-15H2,1-2H3,(H,23,26)/t16-/m1/s1. The molecule has 0 radical (unpaired) electrons. The maximum atomic E-state index is 13.0. The van der Waals surface area contributed by atoms with E-state index in [1.807, 2.05) is 43.1 Å². The van der Waals surface area contributed by atoms with Crippen LogP contribution in [0.3, 0.4) is 0 Å². The maximum absolute atomic E-state index is 13.0. The van der Waals surface area contributed by atoms with Crippen LogP contribution >= 0.6 is 0 Å². The molecule has 1 N–H and O–H groups in total. The van der Waals surface area contributed by atoms with Crippen LogP contribution in [0.1, 0.15) is 12.5 Å². The number of rotatable bonds is 6. The smallest absolute Gasteiger partial charge is 0.241 e. The summed E-state index contributed by atoms with van der Waals surface area (Å²) in [7, 11) is 1.88. The fourth-order valence-electron chi connectivity index (χ4n) is 3.04. The lowest BCUT2D eigenvalue weighted by Gasteiger charge is -2.29. The van der Waals surface area contributed by atoms with Gasteiger partial charge >= 0.3 is 0 Å². The molecular formula is C21H26FN3O2. The fourth-order valence-corrected chi connectivity index (χ4v) is 3.04. The van der Waals surface area contributed by atoms with Gasteiger partial charge in [0.15, 0.2) is 0 Å². The summed E-state index contributed by atoms with van der Waals surface area (Å²) in [6, 6.07) is 13.9. The minimum atomic E-state index is -0.311. The van der Waals surface area contributed by atoms with E-state index in [4.69, 9.17) is 4.74 Å². The minimum Gasteiger partial charge on any atom is -0.378 e. The molecular weight excluding hydrogens is 345 g/mol. The summed E-state index contributed by atoms with van der Waals surface area (Å²) in [6.45, 7) is 5.70. The SMILES string of the molecule is C[C@H](C(=O)Nc1ccc(N2CCOCC2)cc1)N(C)Cc1ccc(F)cc1. The van der Waals surface area contributed by atoms with Gasteiger partial charge in [0.25, 0.3) is 0 Å². The molecule has 1 aliphatic heterocycles. The third-order valence-electron chi connectivity index (χ3n) is 4.90. The topological polar surface area (TPSA) is 44.8 Å². The molecule has 6 heteroatoms. The van der Waals surface area contributed by atoms with Gasteiger partial charge in [0, 0.05) is 31.0 Å². The summed E-state index contributed by atoms with van der Waals surface area (Å²) in [5.74, 6) is -0.327. The zero-order valence-electron chi connectivity index (χ0n) is 15.8. The van der Waals surface area contributed by atoms with E-state index in [0.29, 0.717) is 6.54 Å². The van der Waals surface area contributed by atoms with Gasteiger partial charge in [-0.25, -0.2) is 4.39 Å². The van der Waals surface area contributed by atoms with E-state index in [9.17, 15) is 9.18 Å². The van der Waals surface area contributed by atoms with Gasteiger partial charge in [-0.1, -0.05) is 12.1 Å². The zero-order chi connectivity index (χ0) is 19.2. The first kappa shape index (κ1) is 19.3. The van der Waals surface area contributed by atoms with Crippen LogP contribution in [-0.2, 0) is 16.1 Å². The number of morpholine rings is 1. The molecule has 1 amide bonds. The van der Waals surface area contributed by atoms with E-state index in [0.717, 1.165) is 43.2 Å². The van der Waals surface area contributed by atoms with Gasteiger partial charge in [0.1, 0.15) is 5.82 Å². The van der Waals surface area contributed by atoms with E-state index in [-0.39, 0.29) is 17.8 Å². The second-order valence-electron chi connectivity index (χ2n) is 6.85. The van der Waals surface area contributed by atoms with Crippen LogP contribution in [0.25, 0.3) is 0 Å². The molecule has 144 valence electrons. The van der Waals surface area contributed by atoms with Gasteiger partial charge in [-0.15, -0.1) is 0 Å². The van der Waals surface area contributed by atoms with Gasteiger partial charge in [0.05, 0.1) is 19.3 Å². The average Bonchev–Trinajstić information content (AvgIpc) is 2.70. The number of ether oxygens (including phenoxy) is 1. The Labute approximate surface area is 159 Å². The Kier molecular flexibility index (Phi) is 6.42. The van der Waals surface area contributed by atoms with Crippen LogP contribution in [0.2, 0.25) is 0 Å². The molecule has 0 spiro atoms. The third kappa shape index (κ3) is 5.28. The van der Waals surface area contributed by atoms with Crippen LogP contribution in [0.5, 0.6) is 0 Å². The second kappa shape index (κ2) is 8.97. The monoisotopic (exact) mass is 371 g/mol. The number of likely N-dealkylation sites (N-methyl/N-ethyl adjacent to an activating group) is 1. The fraction of sp³-hybridized carbons (Fsp3) is 0.381. The Morgan fingerprint density at radius 2 is 1.78 bits per heavy atom. The molecule has 5 nitrogen and oxygen atoms in total. The summed E-state index contributed by atoms with van der Waals surface area (Å²) in [4.78, 5) is 16.8.